The minimum Gasteiger partial charge on any atom is -0.0683 e. The summed E-state index contributed by atoms with van der Waals surface area (Å²) in [5.74, 6) is 1.68. The highest BCUT2D eigenvalue weighted by Crippen LogP contribution is 2.63. The van der Waals surface area contributed by atoms with Crippen molar-refractivity contribution in [3.63, 3.8) is 0 Å². The van der Waals surface area contributed by atoms with Crippen molar-refractivity contribution < 1.29 is 0 Å². The van der Waals surface area contributed by atoms with Gasteiger partial charge in [-0.2, -0.15) is 0 Å². The second-order valence-electron chi connectivity index (χ2n) is 5.71. The number of hydrogen-bond acceptors (Lipinski definition) is 0. The Morgan fingerprint density at radius 2 is 1.10 bits per heavy atom. The van der Waals surface area contributed by atoms with Crippen molar-refractivity contribution in [2.45, 2.75) is 58.8 Å². The van der Waals surface area contributed by atoms with Crippen LogP contribution in [0.3, 0.4) is 0 Å². The zero-order valence-corrected chi connectivity index (χ0v) is 13.7. The summed E-state index contributed by atoms with van der Waals surface area (Å²) in [6.45, 7) is 8.00. The molecule has 0 aromatic heterocycles. The summed E-state index contributed by atoms with van der Waals surface area (Å²) in [5.41, 5.74) is 9.70. The van der Waals surface area contributed by atoms with E-state index in [-0.39, 0.29) is 0 Å². The van der Waals surface area contributed by atoms with Gasteiger partial charge < -0.3 is 0 Å². The van der Waals surface area contributed by atoms with E-state index in [2.05, 4.69) is 36.4 Å². The minimum absolute atomic E-state index is 0.839. The van der Waals surface area contributed by atoms with Gasteiger partial charge >= 0.3 is 0 Å². The van der Waals surface area contributed by atoms with Crippen LogP contribution in [0.1, 0.15) is 68.2 Å². The van der Waals surface area contributed by atoms with Crippen LogP contribution in [-0.4, -0.2) is 0 Å². The highest BCUT2D eigenvalue weighted by molar-refractivity contribution is 5.83. The van der Waals surface area contributed by atoms with E-state index < -0.39 is 0 Å². The SMILES string of the molecule is CC.CC.c1cc2c3c(c1)C1CC1c1cccc(c1-3)CC2. The highest BCUT2D eigenvalue weighted by Gasteiger charge is 2.46. The highest BCUT2D eigenvalue weighted by atomic mass is 14.5. The molecule has 5 rings (SSSR count). The summed E-state index contributed by atoms with van der Waals surface area (Å²) < 4.78 is 0. The number of rotatable bonds is 0. The molecule has 0 nitrogen and oxygen atoms in total. The van der Waals surface area contributed by atoms with Crippen LogP contribution in [0.25, 0.3) is 11.1 Å². The maximum absolute atomic E-state index is 2.37. The van der Waals surface area contributed by atoms with Crippen LogP contribution in [0.15, 0.2) is 36.4 Å². The number of benzene rings is 2. The molecule has 1 saturated carbocycles. The van der Waals surface area contributed by atoms with Crippen molar-refractivity contribution in [2.75, 3.05) is 0 Å². The monoisotopic (exact) mass is 278 g/mol. The van der Waals surface area contributed by atoms with Crippen LogP contribution in [0.2, 0.25) is 0 Å². The second-order valence-corrected chi connectivity index (χ2v) is 5.71. The van der Waals surface area contributed by atoms with Gasteiger partial charge in [-0.3, -0.25) is 0 Å². The third-order valence-corrected chi connectivity index (χ3v) is 4.87. The van der Waals surface area contributed by atoms with E-state index in [4.69, 9.17) is 0 Å². The molecule has 0 aliphatic heterocycles. The lowest BCUT2D eigenvalue weighted by Crippen LogP contribution is -2.11. The summed E-state index contributed by atoms with van der Waals surface area (Å²) in [7, 11) is 0. The maximum atomic E-state index is 2.37. The molecular weight excluding hydrogens is 252 g/mol. The summed E-state index contributed by atoms with van der Waals surface area (Å²) in [6.07, 6.45) is 3.85. The average molecular weight is 278 g/mol. The predicted molar refractivity (Wildman–Crippen MR) is 92.1 cm³/mol. The Bertz CT molecular complexity index is 594. The fraction of sp³-hybridized carbons (Fsp3) is 0.429. The lowest BCUT2D eigenvalue weighted by molar-refractivity contribution is 0.899. The molecule has 0 radical (unpaired) electrons. The molecule has 110 valence electrons. The Labute approximate surface area is 129 Å². The van der Waals surface area contributed by atoms with Crippen molar-refractivity contribution in [2.24, 2.45) is 0 Å². The Kier molecular flexibility index (Phi) is 3.89. The fourth-order valence-electron chi connectivity index (χ4n) is 4.04. The first kappa shape index (κ1) is 14.4. The molecule has 0 spiro atoms. The van der Waals surface area contributed by atoms with Crippen molar-refractivity contribution in [3.8, 4) is 11.1 Å². The summed E-state index contributed by atoms with van der Waals surface area (Å²) in [5, 5.41) is 0. The fourth-order valence-corrected chi connectivity index (χ4v) is 4.04. The molecule has 0 amide bonds. The van der Waals surface area contributed by atoms with Crippen LogP contribution in [-0.2, 0) is 12.8 Å². The third-order valence-electron chi connectivity index (χ3n) is 4.87. The van der Waals surface area contributed by atoms with Crippen molar-refractivity contribution in [1.29, 1.82) is 0 Å². The predicted octanol–water partition coefficient (Wildman–Crippen LogP) is 6.09. The lowest BCUT2D eigenvalue weighted by atomic mass is 9.76. The van der Waals surface area contributed by atoms with Crippen LogP contribution in [0.4, 0.5) is 0 Å². The second kappa shape index (κ2) is 5.67. The van der Waals surface area contributed by atoms with Gasteiger partial charge in [0.05, 0.1) is 0 Å². The van der Waals surface area contributed by atoms with Gasteiger partial charge in [-0.1, -0.05) is 64.1 Å². The van der Waals surface area contributed by atoms with Gasteiger partial charge in [-0.05, 0) is 64.5 Å². The molecule has 0 heteroatoms. The molecule has 0 heterocycles. The largest absolute Gasteiger partial charge is 0.0683 e. The van der Waals surface area contributed by atoms with E-state index in [1.807, 2.05) is 27.7 Å². The van der Waals surface area contributed by atoms with Crippen molar-refractivity contribution in [1.82, 2.24) is 0 Å². The average Bonchev–Trinajstić information content (AvgIpc) is 3.38. The van der Waals surface area contributed by atoms with Crippen LogP contribution in [0, 0.1) is 0 Å². The molecule has 2 aromatic rings. The molecule has 0 bridgehead atoms. The van der Waals surface area contributed by atoms with E-state index in [0.717, 1.165) is 11.8 Å². The van der Waals surface area contributed by atoms with Crippen molar-refractivity contribution in [3.05, 3.63) is 58.7 Å². The number of hydrogen-bond donors (Lipinski definition) is 0. The first-order chi connectivity index (χ1) is 10.4. The van der Waals surface area contributed by atoms with Gasteiger partial charge in [0.2, 0.25) is 0 Å². The molecule has 2 unspecified atom stereocenters. The molecule has 0 saturated heterocycles. The summed E-state index contributed by atoms with van der Waals surface area (Å²) >= 11 is 0. The Hall–Kier alpha value is -1.56. The van der Waals surface area contributed by atoms with Gasteiger partial charge in [0.15, 0.2) is 0 Å². The van der Waals surface area contributed by atoms with E-state index in [9.17, 15) is 0 Å². The first-order valence-corrected chi connectivity index (χ1v) is 8.67. The maximum Gasteiger partial charge on any atom is -0.00804 e. The van der Waals surface area contributed by atoms with Crippen LogP contribution >= 0.6 is 0 Å². The molecule has 1 fully saturated rings. The zero-order chi connectivity index (χ0) is 15.0. The van der Waals surface area contributed by atoms with E-state index >= 15 is 0 Å². The van der Waals surface area contributed by atoms with Crippen LogP contribution in [0.5, 0.6) is 0 Å². The number of fused-ring (bicyclic) bond motifs is 3. The Morgan fingerprint density at radius 3 is 1.52 bits per heavy atom. The minimum atomic E-state index is 0.839. The van der Waals surface area contributed by atoms with Gasteiger partial charge in [0.25, 0.3) is 0 Å². The molecule has 2 atom stereocenters. The normalized spacial score (nSPS) is 21.7. The van der Waals surface area contributed by atoms with Gasteiger partial charge in [0.1, 0.15) is 0 Å². The Balaban J connectivity index is 0.000000308. The van der Waals surface area contributed by atoms with Gasteiger partial charge in [-0.15, -0.1) is 0 Å². The topological polar surface area (TPSA) is 0 Å². The third kappa shape index (κ3) is 2.04. The molecule has 3 aliphatic rings. The smallest absolute Gasteiger partial charge is 0.00804 e. The van der Waals surface area contributed by atoms with Crippen molar-refractivity contribution >= 4 is 0 Å². The number of aryl methyl sites for hydroxylation is 2. The molecule has 2 aromatic carbocycles. The van der Waals surface area contributed by atoms with Gasteiger partial charge in [-0.25, -0.2) is 0 Å². The molecule has 3 aliphatic carbocycles. The molecule has 0 N–H and O–H groups in total. The quantitative estimate of drug-likeness (QED) is 0.547. The van der Waals surface area contributed by atoms with Crippen LogP contribution < -0.4 is 0 Å². The summed E-state index contributed by atoms with van der Waals surface area (Å²) in [6, 6.07) is 13.9. The Morgan fingerprint density at radius 1 is 0.667 bits per heavy atom. The lowest BCUT2D eigenvalue weighted by Gasteiger charge is -2.28. The molecular formula is C21H26. The first-order valence-electron chi connectivity index (χ1n) is 8.67. The van der Waals surface area contributed by atoms with E-state index in [1.165, 1.54) is 19.3 Å². The molecule has 21 heavy (non-hydrogen) atoms. The van der Waals surface area contributed by atoms with E-state index in [1.54, 1.807) is 33.4 Å². The van der Waals surface area contributed by atoms with Gasteiger partial charge in [0, 0.05) is 0 Å². The van der Waals surface area contributed by atoms with E-state index in [0.29, 0.717) is 0 Å². The zero-order valence-electron chi connectivity index (χ0n) is 13.7. The summed E-state index contributed by atoms with van der Waals surface area (Å²) in [4.78, 5) is 0. The standard InChI is InChI=1S/C17H14.2C2H6/c1-3-10-7-8-11-4-2-6-13-15-9-14(15)12(5-1)16(10)17(11)13;2*1-2/h1-6,14-15H,7-9H2;2*1-2H3.